The van der Waals surface area contributed by atoms with Crippen LogP contribution in [-0.4, -0.2) is 33.9 Å². The third-order valence-electron chi connectivity index (χ3n) is 5.12. The van der Waals surface area contributed by atoms with Gasteiger partial charge >= 0.3 is 0 Å². The summed E-state index contributed by atoms with van der Waals surface area (Å²) < 4.78 is 0. The first-order valence-corrected chi connectivity index (χ1v) is 8.74. The molecule has 0 bridgehead atoms. The Kier molecular flexibility index (Phi) is 4.24. The van der Waals surface area contributed by atoms with Gasteiger partial charge in [0.1, 0.15) is 5.52 Å². The van der Waals surface area contributed by atoms with Gasteiger partial charge in [-0.2, -0.15) is 0 Å². The molecular weight excluding hydrogens is 312 g/mol. The van der Waals surface area contributed by atoms with Crippen molar-refractivity contribution in [3.8, 4) is 0 Å². The Balaban J connectivity index is 1.49. The average molecular weight is 334 g/mol. The maximum Gasteiger partial charge on any atom is 0.250 e. The third kappa shape index (κ3) is 3.28. The minimum absolute atomic E-state index is 0.416. The minimum atomic E-state index is -0.416. The van der Waals surface area contributed by atoms with E-state index in [1.54, 1.807) is 6.33 Å². The predicted molar refractivity (Wildman–Crippen MR) is 98.3 cm³/mol. The number of aromatic nitrogens is 2. The molecule has 3 N–H and O–H groups in total. The molecule has 1 amide bonds. The molecule has 3 aromatic rings. The number of aromatic amines is 1. The summed E-state index contributed by atoms with van der Waals surface area (Å²) in [6.07, 6.45) is 3.79. The zero-order chi connectivity index (χ0) is 17.2. The van der Waals surface area contributed by atoms with Crippen LogP contribution in [0.1, 0.15) is 40.2 Å². The molecule has 5 heteroatoms. The lowest BCUT2D eigenvalue weighted by atomic mass is 9.88. The zero-order valence-corrected chi connectivity index (χ0v) is 14.1. The molecule has 25 heavy (non-hydrogen) atoms. The molecule has 0 spiro atoms. The van der Waals surface area contributed by atoms with Gasteiger partial charge < -0.3 is 10.7 Å². The van der Waals surface area contributed by atoms with Crippen LogP contribution in [0.25, 0.3) is 11.0 Å². The quantitative estimate of drug-likeness (QED) is 0.770. The van der Waals surface area contributed by atoms with Crippen molar-refractivity contribution in [2.45, 2.75) is 25.3 Å². The molecule has 128 valence electrons. The van der Waals surface area contributed by atoms with Crippen LogP contribution in [0.2, 0.25) is 0 Å². The van der Waals surface area contributed by atoms with Crippen LogP contribution >= 0.6 is 0 Å². The fourth-order valence-corrected chi connectivity index (χ4v) is 3.76. The minimum Gasteiger partial charge on any atom is -0.366 e. The standard InChI is InChI=1S/C20H22N4O/c21-20(25)17-10-16(11-18-19(17)23-13-22-18)15-6-8-24(9-7-15)12-14-4-2-1-3-5-14/h1-5,10-11,13,15H,6-9,12H2,(H2,21,25)(H,22,23). The van der Waals surface area contributed by atoms with E-state index in [0.29, 0.717) is 17.0 Å². The Morgan fingerprint density at radius 1 is 1.20 bits per heavy atom. The highest BCUT2D eigenvalue weighted by atomic mass is 16.1. The maximum atomic E-state index is 11.8. The van der Waals surface area contributed by atoms with Crippen molar-refractivity contribution in [3.63, 3.8) is 0 Å². The van der Waals surface area contributed by atoms with Gasteiger partial charge in [-0.3, -0.25) is 9.69 Å². The highest BCUT2D eigenvalue weighted by Crippen LogP contribution is 2.31. The molecule has 4 rings (SSSR count). The smallest absolute Gasteiger partial charge is 0.250 e. The van der Waals surface area contributed by atoms with E-state index in [1.165, 1.54) is 11.1 Å². The van der Waals surface area contributed by atoms with E-state index in [1.807, 2.05) is 6.07 Å². The molecule has 0 aliphatic carbocycles. The number of carbonyl (C=O) groups is 1. The van der Waals surface area contributed by atoms with Crippen LogP contribution in [-0.2, 0) is 6.54 Å². The number of nitrogens with two attached hydrogens (primary N) is 1. The van der Waals surface area contributed by atoms with E-state index in [9.17, 15) is 4.79 Å². The third-order valence-corrected chi connectivity index (χ3v) is 5.12. The van der Waals surface area contributed by atoms with Gasteiger partial charge in [0.15, 0.2) is 0 Å². The van der Waals surface area contributed by atoms with E-state index in [4.69, 9.17) is 5.73 Å². The maximum absolute atomic E-state index is 11.8. The number of piperidine rings is 1. The van der Waals surface area contributed by atoms with E-state index >= 15 is 0 Å². The second kappa shape index (κ2) is 6.69. The summed E-state index contributed by atoms with van der Waals surface area (Å²) in [4.78, 5) is 21.6. The molecule has 0 radical (unpaired) electrons. The molecule has 2 aromatic carbocycles. The Bertz CT molecular complexity index is 879. The molecule has 1 fully saturated rings. The van der Waals surface area contributed by atoms with Crippen molar-refractivity contribution >= 4 is 16.9 Å². The van der Waals surface area contributed by atoms with Crippen molar-refractivity contribution in [1.29, 1.82) is 0 Å². The van der Waals surface area contributed by atoms with E-state index in [-0.39, 0.29) is 0 Å². The Morgan fingerprint density at radius 3 is 2.68 bits per heavy atom. The average Bonchev–Trinajstić information content (AvgIpc) is 3.11. The number of primary amides is 1. The molecule has 0 atom stereocenters. The number of nitrogens with zero attached hydrogens (tertiary/aromatic N) is 2. The van der Waals surface area contributed by atoms with Crippen molar-refractivity contribution < 1.29 is 4.79 Å². The van der Waals surface area contributed by atoms with Gasteiger partial charge in [-0.25, -0.2) is 4.98 Å². The lowest BCUT2D eigenvalue weighted by molar-refractivity contribution is 0.100. The number of imidazole rings is 1. The first kappa shape index (κ1) is 15.8. The number of likely N-dealkylation sites (tertiary alicyclic amines) is 1. The van der Waals surface area contributed by atoms with Gasteiger partial charge in [0.05, 0.1) is 17.4 Å². The number of benzene rings is 2. The number of hydrogen-bond donors (Lipinski definition) is 2. The summed E-state index contributed by atoms with van der Waals surface area (Å²) >= 11 is 0. The van der Waals surface area contributed by atoms with Crippen molar-refractivity contribution in [3.05, 3.63) is 65.5 Å². The Labute approximate surface area is 146 Å². The zero-order valence-electron chi connectivity index (χ0n) is 14.1. The number of carbonyl (C=O) groups excluding carboxylic acids is 1. The number of H-pyrrole nitrogens is 1. The highest BCUT2D eigenvalue weighted by molar-refractivity contribution is 6.04. The number of fused-ring (bicyclic) bond motifs is 1. The number of amides is 1. The number of rotatable bonds is 4. The normalized spacial score (nSPS) is 16.3. The topological polar surface area (TPSA) is 75.0 Å². The van der Waals surface area contributed by atoms with E-state index < -0.39 is 5.91 Å². The van der Waals surface area contributed by atoms with Gasteiger partial charge in [-0.1, -0.05) is 30.3 Å². The van der Waals surface area contributed by atoms with Crippen molar-refractivity contribution in [2.24, 2.45) is 5.73 Å². The van der Waals surface area contributed by atoms with Crippen LogP contribution in [0.3, 0.4) is 0 Å². The van der Waals surface area contributed by atoms with Gasteiger partial charge in [0.2, 0.25) is 0 Å². The fourth-order valence-electron chi connectivity index (χ4n) is 3.76. The summed E-state index contributed by atoms with van der Waals surface area (Å²) in [7, 11) is 0. The monoisotopic (exact) mass is 334 g/mol. The van der Waals surface area contributed by atoms with Gasteiger partial charge in [-0.05, 0) is 55.1 Å². The SMILES string of the molecule is NC(=O)c1cc(C2CCN(Cc3ccccc3)CC2)cc2[nH]cnc12. The first-order valence-electron chi connectivity index (χ1n) is 8.74. The lowest BCUT2D eigenvalue weighted by Crippen LogP contribution is -2.32. The van der Waals surface area contributed by atoms with Crippen LogP contribution in [0, 0.1) is 0 Å². The Morgan fingerprint density at radius 2 is 1.96 bits per heavy atom. The first-order chi connectivity index (χ1) is 12.2. The Hall–Kier alpha value is -2.66. The summed E-state index contributed by atoms with van der Waals surface area (Å²) in [6.45, 7) is 3.12. The molecule has 0 unspecified atom stereocenters. The van der Waals surface area contributed by atoms with Crippen LogP contribution in [0.5, 0.6) is 0 Å². The highest BCUT2D eigenvalue weighted by Gasteiger charge is 2.22. The largest absolute Gasteiger partial charge is 0.366 e. The molecule has 0 saturated carbocycles. The van der Waals surface area contributed by atoms with Gasteiger partial charge in [-0.15, -0.1) is 0 Å². The molecule has 2 heterocycles. The molecule has 1 saturated heterocycles. The van der Waals surface area contributed by atoms with E-state index in [0.717, 1.165) is 38.0 Å². The van der Waals surface area contributed by atoms with E-state index in [2.05, 4.69) is 51.3 Å². The molecule has 1 aromatic heterocycles. The second-order valence-corrected chi connectivity index (χ2v) is 6.77. The molecular formula is C20H22N4O. The van der Waals surface area contributed by atoms with Crippen LogP contribution in [0.4, 0.5) is 0 Å². The molecule has 1 aliphatic heterocycles. The predicted octanol–water partition coefficient (Wildman–Crippen LogP) is 3.04. The number of nitrogens with one attached hydrogen (secondary N) is 1. The van der Waals surface area contributed by atoms with Crippen LogP contribution < -0.4 is 5.73 Å². The fraction of sp³-hybridized carbons (Fsp3) is 0.300. The van der Waals surface area contributed by atoms with Crippen LogP contribution in [0.15, 0.2) is 48.8 Å². The summed E-state index contributed by atoms with van der Waals surface area (Å²) in [5.74, 6) is 0.0401. The summed E-state index contributed by atoms with van der Waals surface area (Å²) in [5.41, 5.74) is 10.2. The molecule has 1 aliphatic rings. The van der Waals surface area contributed by atoms with Crippen molar-refractivity contribution in [2.75, 3.05) is 13.1 Å². The lowest BCUT2D eigenvalue weighted by Gasteiger charge is -2.32. The summed E-state index contributed by atoms with van der Waals surface area (Å²) in [5, 5.41) is 0. The van der Waals surface area contributed by atoms with Crippen molar-refractivity contribution in [1.82, 2.24) is 14.9 Å². The van der Waals surface area contributed by atoms with Gasteiger partial charge in [0, 0.05) is 6.54 Å². The van der Waals surface area contributed by atoms with Gasteiger partial charge in [0.25, 0.3) is 5.91 Å². The second-order valence-electron chi connectivity index (χ2n) is 6.77. The number of hydrogen-bond acceptors (Lipinski definition) is 3. The summed E-state index contributed by atoms with van der Waals surface area (Å²) in [6, 6.07) is 14.6. The molecule has 5 nitrogen and oxygen atoms in total.